The molecule has 3 aliphatic rings. The molecule has 5 rings (SSSR count). The highest BCUT2D eigenvalue weighted by Crippen LogP contribution is 2.41. The number of thioether (sulfide) groups is 1. The molecule has 154 valence electrons. The van der Waals surface area contributed by atoms with Crippen LogP contribution in [0.15, 0.2) is 17.3 Å². The Balaban J connectivity index is 1.34. The zero-order chi connectivity index (χ0) is 19.8. The number of nitrogens with zero attached hydrogens (tertiary/aromatic N) is 5. The first-order valence-electron chi connectivity index (χ1n) is 10.6. The van der Waals surface area contributed by atoms with Crippen LogP contribution in [0.5, 0.6) is 0 Å². The Bertz CT molecular complexity index is 872. The van der Waals surface area contributed by atoms with E-state index in [9.17, 15) is 5.11 Å². The van der Waals surface area contributed by atoms with E-state index in [0.717, 1.165) is 86.2 Å². The number of piperidine rings is 1. The Morgan fingerprint density at radius 2 is 1.97 bits per heavy atom. The largest absolute Gasteiger partial charge is 0.394 e. The highest BCUT2D eigenvalue weighted by Gasteiger charge is 2.38. The first-order chi connectivity index (χ1) is 14.2. The third kappa shape index (κ3) is 3.68. The summed E-state index contributed by atoms with van der Waals surface area (Å²) in [5.41, 5.74) is 2.06. The Hall–Kier alpha value is -1.93. The molecule has 1 saturated heterocycles. The first-order valence-corrected chi connectivity index (χ1v) is 11.6. The zero-order valence-electron chi connectivity index (χ0n) is 16.9. The van der Waals surface area contributed by atoms with Crippen LogP contribution in [0.25, 0.3) is 0 Å². The summed E-state index contributed by atoms with van der Waals surface area (Å²) in [5.74, 6) is 4.16. The van der Waals surface area contributed by atoms with E-state index in [1.54, 1.807) is 0 Å². The van der Waals surface area contributed by atoms with E-state index in [0.29, 0.717) is 5.92 Å². The Kier molecular flexibility index (Phi) is 5.07. The van der Waals surface area contributed by atoms with Crippen LogP contribution in [0, 0.1) is 6.92 Å². The van der Waals surface area contributed by atoms with Gasteiger partial charge < -0.3 is 15.3 Å². The van der Waals surface area contributed by atoms with Crippen molar-refractivity contribution in [2.75, 3.05) is 35.7 Å². The van der Waals surface area contributed by atoms with Crippen molar-refractivity contribution in [2.45, 2.75) is 61.8 Å². The molecular weight excluding hydrogens is 384 g/mol. The molecule has 0 spiro atoms. The summed E-state index contributed by atoms with van der Waals surface area (Å²) in [6, 6.07) is 0. The van der Waals surface area contributed by atoms with Gasteiger partial charge in [0.05, 0.1) is 22.7 Å². The molecule has 2 aliphatic heterocycles. The zero-order valence-corrected chi connectivity index (χ0v) is 17.7. The van der Waals surface area contributed by atoms with Crippen molar-refractivity contribution < 1.29 is 5.11 Å². The SMILES string of the molecule is Cc1cnc(C2CCN(c3nc4c(c(NC5(CO)CCC5)n3)SCC4)CC2)nc1. The van der Waals surface area contributed by atoms with Gasteiger partial charge in [0.2, 0.25) is 5.95 Å². The molecular formula is C21H28N6OS. The predicted molar refractivity (Wildman–Crippen MR) is 115 cm³/mol. The number of aromatic nitrogens is 4. The number of aryl methyl sites for hydroxylation is 2. The highest BCUT2D eigenvalue weighted by atomic mass is 32.2. The van der Waals surface area contributed by atoms with Crippen molar-refractivity contribution in [2.24, 2.45) is 0 Å². The monoisotopic (exact) mass is 412 g/mol. The van der Waals surface area contributed by atoms with Crippen LogP contribution in [0.1, 0.15) is 55.1 Å². The van der Waals surface area contributed by atoms with Gasteiger partial charge in [-0.3, -0.25) is 0 Å². The number of hydrogen-bond donors (Lipinski definition) is 2. The maximum absolute atomic E-state index is 9.88. The summed E-state index contributed by atoms with van der Waals surface area (Å²) in [5, 5.41) is 13.5. The summed E-state index contributed by atoms with van der Waals surface area (Å²) in [4.78, 5) is 22.4. The molecule has 2 aromatic heterocycles. The maximum Gasteiger partial charge on any atom is 0.227 e. The van der Waals surface area contributed by atoms with E-state index >= 15 is 0 Å². The Morgan fingerprint density at radius 3 is 2.62 bits per heavy atom. The van der Waals surface area contributed by atoms with Crippen LogP contribution in [0.4, 0.5) is 11.8 Å². The summed E-state index contributed by atoms with van der Waals surface area (Å²) in [6.45, 7) is 4.01. The topological polar surface area (TPSA) is 87.1 Å². The van der Waals surface area contributed by atoms with E-state index < -0.39 is 0 Å². The van der Waals surface area contributed by atoms with Crippen molar-refractivity contribution in [3.05, 3.63) is 29.5 Å². The molecule has 7 nitrogen and oxygen atoms in total. The van der Waals surface area contributed by atoms with Crippen LogP contribution >= 0.6 is 11.8 Å². The van der Waals surface area contributed by atoms with E-state index in [1.165, 1.54) is 4.90 Å². The predicted octanol–water partition coefficient (Wildman–Crippen LogP) is 2.93. The fraction of sp³-hybridized carbons (Fsp3) is 0.619. The standard InChI is InChI=1S/C21H28N6OS/c1-14-11-22-18(23-12-14)15-3-8-27(9-4-15)20-24-16-5-10-29-17(16)19(25-20)26-21(13-28)6-2-7-21/h11-12,15,28H,2-10,13H2,1H3,(H,24,25,26). The van der Waals surface area contributed by atoms with E-state index in [-0.39, 0.29) is 12.1 Å². The molecule has 1 saturated carbocycles. The number of aliphatic hydroxyl groups is 1. The molecule has 0 amide bonds. The number of aliphatic hydroxyl groups excluding tert-OH is 1. The molecule has 2 N–H and O–H groups in total. The summed E-state index contributed by atoms with van der Waals surface area (Å²) in [7, 11) is 0. The van der Waals surface area contributed by atoms with Gasteiger partial charge in [-0.1, -0.05) is 0 Å². The number of anilines is 2. The smallest absolute Gasteiger partial charge is 0.227 e. The minimum absolute atomic E-state index is 0.160. The van der Waals surface area contributed by atoms with Crippen molar-refractivity contribution in [3.63, 3.8) is 0 Å². The Morgan fingerprint density at radius 1 is 1.21 bits per heavy atom. The van der Waals surface area contributed by atoms with Crippen molar-refractivity contribution in [1.29, 1.82) is 0 Å². The van der Waals surface area contributed by atoms with Crippen molar-refractivity contribution in [1.82, 2.24) is 19.9 Å². The maximum atomic E-state index is 9.88. The first kappa shape index (κ1) is 19.1. The van der Waals surface area contributed by atoms with E-state index in [2.05, 4.69) is 20.2 Å². The minimum Gasteiger partial charge on any atom is -0.394 e. The minimum atomic E-state index is -0.196. The third-order valence-electron chi connectivity index (χ3n) is 6.45. The van der Waals surface area contributed by atoms with Gasteiger partial charge >= 0.3 is 0 Å². The molecule has 1 aliphatic carbocycles. The van der Waals surface area contributed by atoms with Gasteiger partial charge in [0, 0.05) is 43.6 Å². The molecule has 4 heterocycles. The number of rotatable bonds is 5. The Labute approximate surface area is 175 Å². The van der Waals surface area contributed by atoms with Gasteiger partial charge in [-0.2, -0.15) is 4.98 Å². The quantitative estimate of drug-likeness (QED) is 0.775. The van der Waals surface area contributed by atoms with E-state index in [4.69, 9.17) is 9.97 Å². The lowest BCUT2D eigenvalue weighted by Crippen LogP contribution is -2.48. The molecule has 2 aromatic rings. The van der Waals surface area contributed by atoms with Gasteiger partial charge in [-0.15, -0.1) is 11.8 Å². The highest BCUT2D eigenvalue weighted by molar-refractivity contribution is 7.99. The lowest BCUT2D eigenvalue weighted by molar-refractivity contribution is 0.143. The second-order valence-corrected chi connectivity index (χ2v) is 9.65. The van der Waals surface area contributed by atoms with Crippen LogP contribution in [-0.4, -0.2) is 56.0 Å². The van der Waals surface area contributed by atoms with Crippen molar-refractivity contribution in [3.8, 4) is 0 Å². The average molecular weight is 413 g/mol. The van der Waals surface area contributed by atoms with Crippen LogP contribution in [0.2, 0.25) is 0 Å². The summed E-state index contributed by atoms with van der Waals surface area (Å²) in [6.07, 6.45) is 10.0. The van der Waals surface area contributed by atoms with Crippen LogP contribution in [0.3, 0.4) is 0 Å². The summed E-state index contributed by atoms with van der Waals surface area (Å²) >= 11 is 1.83. The van der Waals surface area contributed by atoms with E-state index in [1.807, 2.05) is 31.1 Å². The normalized spacial score (nSPS) is 21.0. The van der Waals surface area contributed by atoms with Gasteiger partial charge in [-0.05, 0) is 44.6 Å². The molecule has 0 atom stereocenters. The van der Waals surface area contributed by atoms with Crippen molar-refractivity contribution >= 4 is 23.5 Å². The molecule has 29 heavy (non-hydrogen) atoms. The van der Waals surface area contributed by atoms with Gasteiger partial charge in [0.1, 0.15) is 11.6 Å². The van der Waals surface area contributed by atoms with Gasteiger partial charge in [0.25, 0.3) is 0 Å². The molecule has 8 heteroatoms. The second kappa shape index (κ2) is 7.72. The number of fused-ring (bicyclic) bond motifs is 1. The fourth-order valence-electron chi connectivity index (χ4n) is 4.41. The fourth-order valence-corrected chi connectivity index (χ4v) is 5.46. The molecule has 0 bridgehead atoms. The van der Waals surface area contributed by atoms with Crippen LogP contribution in [-0.2, 0) is 6.42 Å². The molecule has 0 aromatic carbocycles. The van der Waals surface area contributed by atoms with Crippen LogP contribution < -0.4 is 10.2 Å². The lowest BCUT2D eigenvalue weighted by Gasteiger charge is -2.42. The summed E-state index contributed by atoms with van der Waals surface area (Å²) < 4.78 is 0. The molecule has 0 radical (unpaired) electrons. The van der Waals surface area contributed by atoms with Gasteiger partial charge in [-0.25, -0.2) is 15.0 Å². The second-order valence-electron chi connectivity index (χ2n) is 8.54. The third-order valence-corrected chi connectivity index (χ3v) is 7.58. The van der Waals surface area contributed by atoms with Gasteiger partial charge in [0.15, 0.2) is 0 Å². The molecule has 0 unspecified atom stereocenters. The average Bonchev–Trinajstić information content (AvgIpc) is 3.20. The lowest BCUT2D eigenvalue weighted by atomic mass is 9.77. The number of hydrogen-bond acceptors (Lipinski definition) is 8. The number of nitrogens with one attached hydrogen (secondary N) is 1. The molecule has 2 fully saturated rings.